The lowest BCUT2D eigenvalue weighted by atomic mass is 9.85. The molecule has 1 saturated carbocycles. The number of ketones is 2. The Morgan fingerprint density at radius 1 is 1.14 bits per heavy atom. The van der Waals surface area contributed by atoms with E-state index in [0.29, 0.717) is 25.7 Å². The molecule has 162 valence electrons. The van der Waals surface area contributed by atoms with Crippen molar-refractivity contribution in [3.05, 3.63) is 0 Å². The van der Waals surface area contributed by atoms with Crippen LogP contribution < -0.4 is 0 Å². The van der Waals surface area contributed by atoms with Crippen LogP contribution in [0.5, 0.6) is 0 Å². The molecule has 0 amide bonds. The average Bonchev–Trinajstić information content (AvgIpc) is 2.95. The number of hydrogen-bond donors (Lipinski definition) is 2. The van der Waals surface area contributed by atoms with Crippen LogP contribution >= 0.6 is 12.9 Å². The van der Waals surface area contributed by atoms with Gasteiger partial charge in [0, 0.05) is 31.6 Å². The largest absolute Gasteiger partial charge is 0.481 e. The zero-order valence-electron chi connectivity index (χ0n) is 16.5. The van der Waals surface area contributed by atoms with Gasteiger partial charge in [0.25, 0.3) is 0 Å². The summed E-state index contributed by atoms with van der Waals surface area (Å²) in [6.07, 6.45) is 3.81. The lowest BCUT2D eigenvalue weighted by molar-refractivity contribution is -0.144. The summed E-state index contributed by atoms with van der Waals surface area (Å²) < 4.78 is 32.9. The summed E-state index contributed by atoms with van der Waals surface area (Å²) in [7, 11) is 0. The topological polar surface area (TPSA) is 80.7 Å². The Bertz CT molecular complexity index is 527. The highest BCUT2D eigenvalue weighted by molar-refractivity contribution is 7.75. The van der Waals surface area contributed by atoms with Crippen molar-refractivity contribution in [2.24, 2.45) is 11.8 Å². The Hall–Kier alpha value is -1.02. The van der Waals surface area contributed by atoms with Crippen molar-refractivity contribution < 1.29 is 32.5 Å². The summed E-state index contributed by atoms with van der Waals surface area (Å²) in [5.41, 5.74) is 0. The number of hydrogen-bond acceptors (Lipinski definition) is 5. The quantitative estimate of drug-likeness (QED) is 0.220. The minimum Gasteiger partial charge on any atom is -0.481 e. The van der Waals surface area contributed by atoms with E-state index in [-0.39, 0.29) is 43.3 Å². The summed E-state index contributed by atoms with van der Waals surface area (Å²) in [6, 6.07) is 0. The molecule has 0 aromatic rings. The van der Waals surface area contributed by atoms with Crippen molar-refractivity contribution in [3.63, 3.8) is 0 Å². The van der Waals surface area contributed by atoms with Gasteiger partial charge in [0.05, 0.1) is 6.10 Å². The third-order valence-electron chi connectivity index (χ3n) is 5.56. The molecule has 0 aromatic carbocycles. The van der Waals surface area contributed by atoms with Gasteiger partial charge >= 0.3 is 11.9 Å². The third kappa shape index (κ3) is 8.15. The Morgan fingerprint density at radius 2 is 1.82 bits per heavy atom. The summed E-state index contributed by atoms with van der Waals surface area (Å²) in [5, 5.41) is 8.63. The van der Waals surface area contributed by atoms with Crippen LogP contribution in [0, 0.1) is 11.8 Å². The molecule has 3 atom stereocenters. The first kappa shape index (κ1) is 25.0. The van der Waals surface area contributed by atoms with Crippen molar-refractivity contribution in [1.29, 1.82) is 0 Å². The van der Waals surface area contributed by atoms with Gasteiger partial charge in [-0.05, 0) is 44.5 Å². The molecule has 0 saturated heterocycles. The number of aliphatic carboxylic acids is 1. The maximum Gasteiger partial charge on any atom is 0.305 e. The molecule has 1 rings (SSSR count). The molecule has 1 aliphatic carbocycles. The predicted octanol–water partition coefficient (Wildman–Crippen LogP) is 5.02. The molecule has 8 heteroatoms. The Labute approximate surface area is 171 Å². The molecule has 0 aliphatic heterocycles. The molecule has 28 heavy (non-hydrogen) atoms. The van der Waals surface area contributed by atoms with E-state index in [9.17, 15) is 23.2 Å². The van der Waals surface area contributed by atoms with Crippen molar-refractivity contribution in [2.75, 3.05) is 0 Å². The van der Waals surface area contributed by atoms with Crippen LogP contribution in [0.1, 0.15) is 84.0 Å². The van der Waals surface area contributed by atoms with Gasteiger partial charge < -0.3 is 9.29 Å². The number of halogens is 2. The van der Waals surface area contributed by atoms with Crippen molar-refractivity contribution in [3.8, 4) is 0 Å². The van der Waals surface area contributed by atoms with Crippen LogP contribution in [0.4, 0.5) is 8.78 Å². The number of unbranched alkanes of at least 4 members (excludes halogenated alkanes) is 4. The average molecular weight is 423 g/mol. The molecular weight excluding hydrogens is 390 g/mol. The number of carboxylic acids is 1. The standard InChI is InChI=1S/C20H32F2O5S/c1-2-3-12-20(21,22)18(24)11-10-15-14(16(23)13-17(15)27-28)8-6-4-5-7-9-19(25)26/h14-15,17,28H,2-13H2,1H3,(H,25,26)/t14-,15-,17-/m1/s1. The fraction of sp³-hybridized carbons (Fsp3) is 0.850. The Balaban J connectivity index is 2.53. The number of carbonyl (C=O) groups excluding carboxylic acids is 2. The van der Waals surface area contributed by atoms with Crippen LogP contribution in [-0.4, -0.2) is 34.7 Å². The van der Waals surface area contributed by atoms with Crippen molar-refractivity contribution in [1.82, 2.24) is 0 Å². The summed E-state index contributed by atoms with van der Waals surface area (Å²) in [5.74, 6) is -5.76. The predicted molar refractivity (Wildman–Crippen MR) is 105 cm³/mol. The molecule has 1 fully saturated rings. The third-order valence-corrected chi connectivity index (χ3v) is 5.83. The van der Waals surface area contributed by atoms with Crippen LogP contribution in [0.3, 0.4) is 0 Å². The molecule has 5 nitrogen and oxygen atoms in total. The van der Waals surface area contributed by atoms with Gasteiger partial charge in [-0.25, -0.2) is 0 Å². The van der Waals surface area contributed by atoms with Crippen molar-refractivity contribution in [2.45, 2.75) is 96.0 Å². The molecule has 0 radical (unpaired) electrons. The first-order valence-electron chi connectivity index (χ1n) is 10.2. The molecule has 0 unspecified atom stereocenters. The Morgan fingerprint density at radius 3 is 2.43 bits per heavy atom. The molecule has 0 spiro atoms. The van der Waals surface area contributed by atoms with E-state index in [1.165, 1.54) is 0 Å². The van der Waals surface area contributed by atoms with E-state index in [1.807, 2.05) is 0 Å². The van der Waals surface area contributed by atoms with Crippen LogP contribution in [0.25, 0.3) is 0 Å². The highest BCUT2D eigenvalue weighted by Gasteiger charge is 2.44. The van der Waals surface area contributed by atoms with E-state index < -0.39 is 30.2 Å². The van der Waals surface area contributed by atoms with Gasteiger partial charge in [0.15, 0.2) is 0 Å². The fourth-order valence-electron chi connectivity index (χ4n) is 3.89. The molecule has 1 N–H and O–H groups in total. The summed E-state index contributed by atoms with van der Waals surface area (Å²) >= 11 is 3.82. The van der Waals surface area contributed by atoms with Gasteiger partial charge in [-0.15, -0.1) is 0 Å². The minimum absolute atomic E-state index is 0.0276. The van der Waals surface area contributed by atoms with E-state index in [2.05, 4.69) is 12.9 Å². The van der Waals surface area contributed by atoms with Gasteiger partial charge in [-0.1, -0.05) is 32.6 Å². The van der Waals surface area contributed by atoms with Gasteiger partial charge in [-0.3, -0.25) is 14.4 Å². The zero-order chi connectivity index (χ0) is 21.2. The number of alkyl halides is 2. The summed E-state index contributed by atoms with van der Waals surface area (Å²) in [6.45, 7) is 1.80. The maximum absolute atomic E-state index is 13.9. The van der Waals surface area contributed by atoms with E-state index in [4.69, 9.17) is 9.29 Å². The SMILES string of the molecule is CCCCC(F)(F)C(=O)CC[C@H]1[C@H](OS)CC(=O)[C@@H]1CCCCCCC(=O)O. The number of thiol groups is 1. The van der Waals surface area contributed by atoms with E-state index in [1.54, 1.807) is 6.92 Å². The highest BCUT2D eigenvalue weighted by Crippen LogP contribution is 2.39. The van der Waals surface area contributed by atoms with Crippen molar-refractivity contribution >= 4 is 30.4 Å². The highest BCUT2D eigenvalue weighted by atomic mass is 32.1. The first-order chi connectivity index (χ1) is 13.2. The lowest BCUT2D eigenvalue weighted by Gasteiger charge is -2.23. The molecular formula is C20H32F2O5S. The number of rotatable bonds is 15. The monoisotopic (exact) mass is 422 g/mol. The molecule has 0 heterocycles. The van der Waals surface area contributed by atoms with Crippen LogP contribution in [0.2, 0.25) is 0 Å². The normalized spacial score (nSPS) is 22.6. The van der Waals surface area contributed by atoms with Gasteiger partial charge in [-0.2, -0.15) is 8.78 Å². The minimum atomic E-state index is -3.31. The Kier molecular flexibility index (Phi) is 11.2. The molecule has 0 bridgehead atoms. The number of carboxylic acid groups (broad SMARTS) is 1. The maximum atomic E-state index is 13.9. The molecule has 1 aliphatic rings. The summed E-state index contributed by atoms with van der Waals surface area (Å²) in [4.78, 5) is 34.8. The smallest absolute Gasteiger partial charge is 0.305 e. The van der Waals surface area contributed by atoms with Gasteiger partial charge in [0.2, 0.25) is 5.78 Å². The van der Waals surface area contributed by atoms with E-state index in [0.717, 1.165) is 19.3 Å². The second kappa shape index (κ2) is 12.5. The van der Waals surface area contributed by atoms with Gasteiger partial charge in [0.1, 0.15) is 5.78 Å². The van der Waals surface area contributed by atoms with Crippen LogP contribution in [-0.2, 0) is 18.6 Å². The second-order valence-corrected chi connectivity index (χ2v) is 7.91. The zero-order valence-corrected chi connectivity index (χ0v) is 17.4. The molecule has 0 aromatic heterocycles. The van der Waals surface area contributed by atoms with Crippen LogP contribution in [0.15, 0.2) is 0 Å². The number of Topliss-reactive ketones (excluding diaryl/α,β-unsaturated/α-hetero) is 2. The van der Waals surface area contributed by atoms with E-state index >= 15 is 0 Å². The number of carbonyl (C=O) groups is 3. The lowest BCUT2D eigenvalue weighted by Crippen LogP contribution is -2.30. The first-order valence-corrected chi connectivity index (χ1v) is 10.5. The fourth-order valence-corrected chi connectivity index (χ4v) is 4.12. The second-order valence-electron chi connectivity index (χ2n) is 7.70.